The highest BCUT2D eigenvalue weighted by molar-refractivity contribution is 5.77. The Labute approximate surface area is 91.8 Å². The van der Waals surface area contributed by atoms with Gasteiger partial charge in [-0.15, -0.1) is 0 Å². The van der Waals surface area contributed by atoms with Crippen molar-refractivity contribution in [1.29, 1.82) is 0 Å². The fraction of sp³-hybridized carbons (Fsp3) is 0.556. The van der Waals surface area contributed by atoms with Crippen LogP contribution in [0.15, 0.2) is 16.6 Å². The van der Waals surface area contributed by atoms with E-state index >= 15 is 0 Å². The number of halogens is 2. The second-order valence-corrected chi connectivity index (χ2v) is 3.23. The molecule has 0 fully saturated rings. The number of amidine groups is 1. The fourth-order valence-electron chi connectivity index (χ4n) is 0.857. The Kier molecular flexibility index (Phi) is 6.24. The van der Waals surface area contributed by atoms with Crippen molar-refractivity contribution >= 4 is 11.8 Å². The van der Waals surface area contributed by atoms with Crippen molar-refractivity contribution in [1.82, 2.24) is 0 Å². The summed E-state index contributed by atoms with van der Waals surface area (Å²) in [6.45, 7) is 1.54. The van der Waals surface area contributed by atoms with Gasteiger partial charge in [-0.25, -0.2) is 8.78 Å². The monoisotopic (exact) mass is 235 g/mol. The number of carbonyl (C=O) groups is 1. The van der Waals surface area contributed by atoms with Crippen molar-refractivity contribution in [3.8, 4) is 0 Å². The molecular formula is C9H15F2N3O2. The van der Waals surface area contributed by atoms with Crippen molar-refractivity contribution in [2.24, 2.45) is 16.5 Å². The Morgan fingerprint density at radius 3 is 2.44 bits per heavy atom. The van der Waals surface area contributed by atoms with Gasteiger partial charge in [0.1, 0.15) is 17.7 Å². The molecule has 0 spiro atoms. The van der Waals surface area contributed by atoms with Crippen LogP contribution in [0, 0.1) is 0 Å². The van der Waals surface area contributed by atoms with Crippen LogP contribution >= 0.6 is 0 Å². The summed E-state index contributed by atoms with van der Waals surface area (Å²) in [7, 11) is 0. The predicted molar refractivity (Wildman–Crippen MR) is 56.3 cm³/mol. The summed E-state index contributed by atoms with van der Waals surface area (Å²) < 4.78 is 26.0. The van der Waals surface area contributed by atoms with Gasteiger partial charge < -0.3 is 16.6 Å². The van der Waals surface area contributed by atoms with Gasteiger partial charge in [-0.05, 0) is 6.92 Å². The summed E-state index contributed by atoms with van der Waals surface area (Å²) in [5.74, 6) is -3.30. The van der Waals surface area contributed by atoms with Gasteiger partial charge in [-0.2, -0.15) is 0 Å². The van der Waals surface area contributed by atoms with Gasteiger partial charge in [-0.3, -0.25) is 9.79 Å². The summed E-state index contributed by atoms with van der Waals surface area (Å²) in [5, 5.41) is 8.39. The molecule has 0 aromatic carbocycles. The Bertz CT molecular complexity index is 312. The molecule has 0 aliphatic rings. The first-order valence-corrected chi connectivity index (χ1v) is 4.62. The third-order valence-electron chi connectivity index (χ3n) is 1.70. The molecule has 0 amide bonds. The largest absolute Gasteiger partial charge is 0.480 e. The van der Waals surface area contributed by atoms with Crippen molar-refractivity contribution in [3.05, 3.63) is 11.7 Å². The quantitative estimate of drug-likeness (QED) is 0.466. The first-order valence-electron chi connectivity index (χ1n) is 4.62. The molecule has 92 valence electrons. The van der Waals surface area contributed by atoms with Crippen molar-refractivity contribution in [3.63, 3.8) is 0 Å². The lowest BCUT2D eigenvalue weighted by Crippen LogP contribution is -2.30. The van der Waals surface area contributed by atoms with Crippen LogP contribution < -0.4 is 11.5 Å². The van der Waals surface area contributed by atoms with Gasteiger partial charge in [0.15, 0.2) is 0 Å². The van der Waals surface area contributed by atoms with Gasteiger partial charge in [0.25, 0.3) is 0 Å². The van der Waals surface area contributed by atoms with Gasteiger partial charge in [0, 0.05) is 19.4 Å². The molecule has 5 nitrogen and oxygen atoms in total. The Morgan fingerprint density at radius 2 is 2.00 bits per heavy atom. The molecule has 1 atom stereocenters. The van der Waals surface area contributed by atoms with E-state index in [-0.39, 0.29) is 18.8 Å². The average molecular weight is 235 g/mol. The molecule has 0 aromatic heterocycles. The molecule has 0 bridgehead atoms. The fourth-order valence-corrected chi connectivity index (χ4v) is 0.857. The van der Waals surface area contributed by atoms with Crippen LogP contribution in [0.3, 0.4) is 0 Å². The van der Waals surface area contributed by atoms with E-state index in [1.54, 1.807) is 0 Å². The Hall–Kier alpha value is -1.50. The molecule has 7 heteroatoms. The highest BCUT2D eigenvalue weighted by Crippen LogP contribution is 2.16. The minimum absolute atomic E-state index is 0.0178. The lowest BCUT2D eigenvalue weighted by Gasteiger charge is -2.04. The van der Waals surface area contributed by atoms with Gasteiger partial charge in [-0.1, -0.05) is 0 Å². The summed E-state index contributed by atoms with van der Waals surface area (Å²) in [4.78, 5) is 14.0. The maximum atomic E-state index is 13.0. The number of aliphatic carboxylic acids is 1. The van der Waals surface area contributed by atoms with Crippen molar-refractivity contribution < 1.29 is 18.7 Å². The molecule has 0 heterocycles. The zero-order valence-corrected chi connectivity index (χ0v) is 8.91. The predicted octanol–water partition coefficient (Wildman–Crippen LogP) is 0.706. The number of rotatable bonds is 6. The van der Waals surface area contributed by atoms with E-state index in [1.165, 1.54) is 6.92 Å². The van der Waals surface area contributed by atoms with Crippen LogP contribution in [0.5, 0.6) is 0 Å². The molecule has 0 rings (SSSR count). The summed E-state index contributed by atoms with van der Waals surface area (Å²) in [6, 6.07) is -1.44. The van der Waals surface area contributed by atoms with E-state index in [4.69, 9.17) is 16.6 Å². The van der Waals surface area contributed by atoms with E-state index in [0.717, 1.165) is 0 Å². The van der Waals surface area contributed by atoms with Crippen molar-refractivity contribution in [2.75, 3.05) is 6.54 Å². The lowest BCUT2D eigenvalue weighted by atomic mass is 10.2. The molecule has 0 aliphatic carbocycles. The first-order chi connectivity index (χ1) is 7.34. The van der Waals surface area contributed by atoms with Gasteiger partial charge in [0.05, 0.1) is 5.84 Å². The number of hydrogen-bond donors (Lipinski definition) is 3. The maximum absolute atomic E-state index is 13.0. The normalized spacial score (nSPS) is 15.6. The molecule has 0 aromatic rings. The van der Waals surface area contributed by atoms with Crippen LogP contribution in [0.4, 0.5) is 8.78 Å². The van der Waals surface area contributed by atoms with Gasteiger partial charge >= 0.3 is 5.97 Å². The SMILES string of the molecule is CC(N)=NCCC(F)=C(F)CC(N)C(=O)O. The Morgan fingerprint density at radius 1 is 1.44 bits per heavy atom. The van der Waals surface area contributed by atoms with E-state index in [9.17, 15) is 13.6 Å². The van der Waals surface area contributed by atoms with E-state index in [1.807, 2.05) is 0 Å². The summed E-state index contributed by atoms with van der Waals surface area (Å²) >= 11 is 0. The van der Waals surface area contributed by atoms with E-state index in [0.29, 0.717) is 0 Å². The molecular weight excluding hydrogens is 220 g/mol. The number of aliphatic imine (C=N–C) groups is 1. The zero-order valence-electron chi connectivity index (χ0n) is 8.91. The first kappa shape index (κ1) is 14.5. The van der Waals surface area contributed by atoms with Crippen LogP contribution in [0.25, 0.3) is 0 Å². The third-order valence-corrected chi connectivity index (χ3v) is 1.70. The zero-order chi connectivity index (χ0) is 12.7. The molecule has 5 N–H and O–H groups in total. The van der Waals surface area contributed by atoms with Crippen molar-refractivity contribution in [2.45, 2.75) is 25.8 Å². The topological polar surface area (TPSA) is 102 Å². The number of hydrogen-bond acceptors (Lipinski definition) is 3. The Balaban J connectivity index is 4.25. The summed E-state index contributed by atoms with van der Waals surface area (Å²) in [6.07, 6.45) is -0.917. The molecule has 0 radical (unpaired) electrons. The molecule has 16 heavy (non-hydrogen) atoms. The molecule has 0 aliphatic heterocycles. The number of carboxylic acids is 1. The lowest BCUT2D eigenvalue weighted by molar-refractivity contribution is -0.138. The van der Waals surface area contributed by atoms with Crippen LogP contribution in [-0.2, 0) is 4.79 Å². The van der Waals surface area contributed by atoms with Crippen LogP contribution in [0.1, 0.15) is 19.8 Å². The molecule has 0 saturated carbocycles. The van der Waals surface area contributed by atoms with E-state index < -0.39 is 30.1 Å². The number of nitrogens with zero attached hydrogens (tertiary/aromatic N) is 1. The van der Waals surface area contributed by atoms with Gasteiger partial charge in [0.2, 0.25) is 0 Å². The highest BCUT2D eigenvalue weighted by Gasteiger charge is 2.16. The number of nitrogens with two attached hydrogens (primary N) is 2. The average Bonchev–Trinajstić information content (AvgIpc) is 2.16. The highest BCUT2D eigenvalue weighted by atomic mass is 19.2. The minimum atomic E-state index is -1.44. The van der Waals surface area contributed by atoms with Crippen LogP contribution in [-0.4, -0.2) is 29.5 Å². The minimum Gasteiger partial charge on any atom is -0.480 e. The standard InChI is InChI=1S/C9H15F2N3O2/c1-5(12)14-3-2-6(10)7(11)4-8(13)9(15)16/h8H,2-4,13H2,1H3,(H2,12,14)(H,15,16). The third kappa shape index (κ3) is 6.07. The summed E-state index contributed by atoms with van der Waals surface area (Å²) in [5.41, 5.74) is 10.2. The number of carboxylic acid groups (broad SMARTS) is 1. The molecule has 1 unspecified atom stereocenters. The van der Waals surface area contributed by atoms with E-state index in [2.05, 4.69) is 4.99 Å². The van der Waals surface area contributed by atoms with Crippen LogP contribution in [0.2, 0.25) is 0 Å². The maximum Gasteiger partial charge on any atom is 0.320 e. The second-order valence-electron chi connectivity index (χ2n) is 3.23. The molecule has 0 saturated heterocycles. The second kappa shape index (κ2) is 6.89. The smallest absolute Gasteiger partial charge is 0.320 e.